The van der Waals surface area contributed by atoms with Crippen molar-refractivity contribution in [1.82, 2.24) is 19.8 Å². The van der Waals surface area contributed by atoms with E-state index in [1.54, 1.807) is 4.90 Å². The fourth-order valence-corrected chi connectivity index (χ4v) is 6.30. The van der Waals surface area contributed by atoms with E-state index < -0.39 is 101 Å². The highest BCUT2D eigenvalue weighted by Gasteiger charge is 2.60. The van der Waals surface area contributed by atoms with Crippen LogP contribution >= 0.6 is 15.6 Å². The zero-order chi connectivity index (χ0) is 30.6. The van der Waals surface area contributed by atoms with Crippen LogP contribution in [-0.2, 0) is 36.9 Å². The molecule has 1 spiro atoms. The number of rotatable bonds is 10. The lowest BCUT2D eigenvalue weighted by atomic mass is 10.1. The Bertz CT molecular complexity index is 1350. The Hall–Kier alpha value is -1.46. The summed E-state index contributed by atoms with van der Waals surface area (Å²) in [6.07, 6.45) is -12.4. The van der Waals surface area contributed by atoms with E-state index in [1.807, 2.05) is 4.98 Å². The Labute approximate surface area is 235 Å². The van der Waals surface area contributed by atoms with Gasteiger partial charge in [-0.15, -0.1) is 0 Å². The van der Waals surface area contributed by atoms with Gasteiger partial charge >= 0.3 is 21.3 Å². The smallest absolute Gasteiger partial charge is 0.387 e. The minimum Gasteiger partial charge on any atom is -0.387 e. The molecule has 1 aromatic heterocycles. The van der Waals surface area contributed by atoms with Crippen molar-refractivity contribution in [1.29, 1.82) is 0 Å². The van der Waals surface area contributed by atoms with Gasteiger partial charge in [-0.05, 0) is 6.42 Å². The first-order chi connectivity index (χ1) is 19.6. The molecule has 0 amide bonds. The third-order valence-electron chi connectivity index (χ3n) is 7.06. The summed E-state index contributed by atoms with van der Waals surface area (Å²) in [5.41, 5.74) is -1.81. The zero-order valence-corrected chi connectivity index (χ0v) is 23.2. The van der Waals surface area contributed by atoms with Crippen LogP contribution in [0.4, 0.5) is 0 Å². The SMILES string of the molecule is O=c1ccn(C2OC(COP(=O)(O)O)C(OP(=O)(O)OCC3OC(N4CCC(O)NC45CO5)C(O)C3O)C2O)c(=O)[nH]1. The highest BCUT2D eigenvalue weighted by Crippen LogP contribution is 2.50. The second-order valence-electron chi connectivity index (χ2n) is 9.96. The second kappa shape index (κ2) is 11.8. The highest BCUT2D eigenvalue weighted by atomic mass is 31.2. The van der Waals surface area contributed by atoms with Crippen molar-refractivity contribution in [2.45, 2.75) is 67.6 Å². The van der Waals surface area contributed by atoms with E-state index in [9.17, 15) is 44.0 Å². The summed E-state index contributed by atoms with van der Waals surface area (Å²) >= 11 is 0. The molecule has 11 unspecified atom stereocenters. The Morgan fingerprint density at radius 1 is 0.976 bits per heavy atom. The van der Waals surface area contributed by atoms with Gasteiger partial charge in [-0.3, -0.25) is 27.9 Å². The topological polar surface area (TPSA) is 305 Å². The van der Waals surface area contributed by atoms with E-state index in [0.717, 1.165) is 12.3 Å². The molecule has 4 saturated heterocycles. The summed E-state index contributed by atoms with van der Waals surface area (Å²) in [5, 5.41) is 44.5. The van der Waals surface area contributed by atoms with Gasteiger partial charge in [-0.2, -0.15) is 0 Å². The largest absolute Gasteiger partial charge is 0.472 e. The fourth-order valence-electron chi connectivity index (χ4n) is 5.00. The molecule has 4 aliphatic heterocycles. The van der Waals surface area contributed by atoms with Crippen molar-refractivity contribution >= 4 is 15.6 Å². The quantitative estimate of drug-likeness (QED) is 0.0848. The van der Waals surface area contributed by atoms with E-state index in [4.69, 9.17) is 33.0 Å². The Balaban J connectivity index is 1.25. The van der Waals surface area contributed by atoms with Crippen molar-refractivity contribution in [3.05, 3.63) is 33.1 Å². The molecule has 23 heteroatoms. The molecule has 0 saturated carbocycles. The first-order valence-electron chi connectivity index (χ1n) is 12.5. The molecule has 5 rings (SSSR count). The molecular formula is C19H30N4O17P2. The summed E-state index contributed by atoms with van der Waals surface area (Å²) in [5.74, 6) is -1.11. The lowest BCUT2D eigenvalue weighted by Crippen LogP contribution is -2.64. The molecular weight excluding hydrogens is 618 g/mol. The van der Waals surface area contributed by atoms with Crippen LogP contribution < -0.4 is 16.6 Å². The average molecular weight is 648 g/mol. The monoisotopic (exact) mass is 648 g/mol. The standard InChI is InChI=1S/C19H30N4O17P2/c24-10-1-3-22(18(29)20-10)16-14(28)15(9(39-16)6-36-41(30,31)32)40-42(33,34)37-5-8-12(26)13(27)17(38-8)23-4-2-11(25)21-19(23)7-35-19/h1,3,8-9,11-17,21,25-28H,2,4-7H2,(H,33,34)(H,20,24,29)(H2,30,31,32). The number of phosphoric acid groups is 2. The minimum absolute atomic E-state index is 0.165. The number of aliphatic hydroxyl groups excluding tert-OH is 4. The van der Waals surface area contributed by atoms with E-state index in [-0.39, 0.29) is 19.6 Å². The van der Waals surface area contributed by atoms with Gasteiger partial charge in [-0.1, -0.05) is 0 Å². The van der Waals surface area contributed by atoms with Gasteiger partial charge < -0.3 is 49.3 Å². The molecule has 238 valence electrons. The normalized spacial score (nSPS) is 40.4. The van der Waals surface area contributed by atoms with Gasteiger partial charge in [-0.25, -0.2) is 24.1 Å². The van der Waals surface area contributed by atoms with Crippen molar-refractivity contribution in [3.63, 3.8) is 0 Å². The molecule has 42 heavy (non-hydrogen) atoms. The van der Waals surface area contributed by atoms with Crippen LogP contribution in [0, 0.1) is 0 Å². The number of phosphoric ester groups is 2. The molecule has 0 aromatic carbocycles. The van der Waals surface area contributed by atoms with Gasteiger partial charge in [0.2, 0.25) is 5.85 Å². The number of epoxide rings is 1. The van der Waals surface area contributed by atoms with E-state index in [0.29, 0.717) is 4.57 Å². The number of ether oxygens (including phenoxy) is 3. The van der Waals surface area contributed by atoms with Crippen molar-refractivity contribution in [2.75, 3.05) is 26.4 Å². The van der Waals surface area contributed by atoms with E-state index in [1.165, 1.54) is 0 Å². The Morgan fingerprint density at radius 3 is 2.29 bits per heavy atom. The number of hydrogen-bond acceptors (Lipinski definition) is 16. The van der Waals surface area contributed by atoms with Crippen molar-refractivity contribution < 1.29 is 72.0 Å². The fraction of sp³-hybridized carbons (Fsp3) is 0.789. The van der Waals surface area contributed by atoms with E-state index in [2.05, 4.69) is 9.84 Å². The third-order valence-corrected chi connectivity index (χ3v) is 8.53. The average Bonchev–Trinajstić information content (AvgIpc) is 3.51. The first kappa shape index (κ1) is 31.9. The molecule has 21 nitrogen and oxygen atoms in total. The molecule has 9 N–H and O–H groups in total. The lowest BCUT2D eigenvalue weighted by molar-refractivity contribution is -0.171. The number of aromatic amines is 1. The van der Waals surface area contributed by atoms with Gasteiger partial charge in [0.1, 0.15) is 55.7 Å². The van der Waals surface area contributed by atoms with Crippen LogP contribution in [0.1, 0.15) is 12.6 Å². The molecule has 11 atom stereocenters. The number of H-pyrrole nitrogens is 1. The maximum Gasteiger partial charge on any atom is 0.472 e. The van der Waals surface area contributed by atoms with Crippen LogP contribution in [0.15, 0.2) is 21.9 Å². The Morgan fingerprint density at radius 2 is 1.64 bits per heavy atom. The van der Waals surface area contributed by atoms with Crippen LogP contribution in [0.25, 0.3) is 0 Å². The maximum absolute atomic E-state index is 12.9. The summed E-state index contributed by atoms with van der Waals surface area (Å²) in [6.45, 7) is -1.40. The molecule has 0 radical (unpaired) electrons. The number of nitrogens with one attached hydrogen (secondary N) is 2. The summed E-state index contributed by atoms with van der Waals surface area (Å²) < 4.78 is 55.6. The zero-order valence-electron chi connectivity index (χ0n) is 21.4. The van der Waals surface area contributed by atoms with Crippen LogP contribution in [0.3, 0.4) is 0 Å². The predicted molar refractivity (Wildman–Crippen MR) is 130 cm³/mol. The van der Waals surface area contributed by atoms with Crippen molar-refractivity contribution in [3.8, 4) is 0 Å². The third kappa shape index (κ3) is 6.77. The summed E-state index contributed by atoms with van der Waals surface area (Å²) in [7, 11) is -10.3. The van der Waals surface area contributed by atoms with Gasteiger partial charge in [0.25, 0.3) is 5.56 Å². The molecule has 4 aliphatic rings. The van der Waals surface area contributed by atoms with Crippen LogP contribution in [-0.4, -0.2) is 131 Å². The summed E-state index contributed by atoms with van der Waals surface area (Å²) in [4.78, 5) is 55.6. The van der Waals surface area contributed by atoms with Crippen molar-refractivity contribution in [2.24, 2.45) is 0 Å². The molecule has 1 aromatic rings. The van der Waals surface area contributed by atoms with E-state index >= 15 is 0 Å². The molecule has 0 bridgehead atoms. The molecule has 0 aliphatic carbocycles. The first-order valence-corrected chi connectivity index (χ1v) is 15.5. The molecule has 5 heterocycles. The van der Waals surface area contributed by atoms with Gasteiger partial charge in [0.15, 0.2) is 6.23 Å². The van der Waals surface area contributed by atoms with Crippen LogP contribution in [0.2, 0.25) is 0 Å². The summed E-state index contributed by atoms with van der Waals surface area (Å²) in [6, 6.07) is 0.917. The molecule has 4 fully saturated rings. The maximum atomic E-state index is 12.9. The predicted octanol–water partition coefficient (Wildman–Crippen LogP) is -4.85. The van der Waals surface area contributed by atoms with Gasteiger partial charge in [0.05, 0.1) is 13.2 Å². The lowest BCUT2D eigenvalue weighted by Gasteiger charge is -2.40. The second-order valence-corrected chi connectivity index (χ2v) is 12.6. The van der Waals surface area contributed by atoms with Gasteiger partial charge in [0, 0.05) is 18.8 Å². The number of hydrogen-bond donors (Lipinski definition) is 9. The number of aromatic nitrogens is 2. The highest BCUT2D eigenvalue weighted by molar-refractivity contribution is 7.47. The number of aliphatic hydroxyl groups is 4. The van der Waals surface area contributed by atoms with Crippen LogP contribution in [0.5, 0.6) is 0 Å². The Kier molecular flexibility index (Phi) is 8.98. The minimum atomic E-state index is -5.18. The number of nitrogens with zero attached hydrogens (tertiary/aromatic N) is 2.